The van der Waals surface area contributed by atoms with E-state index in [0.29, 0.717) is 28.6 Å². The lowest BCUT2D eigenvalue weighted by molar-refractivity contribution is -0.116. The van der Waals surface area contributed by atoms with Gasteiger partial charge >= 0.3 is 11.7 Å². The quantitative estimate of drug-likeness (QED) is 0.604. The molecule has 30 heavy (non-hydrogen) atoms. The van der Waals surface area contributed by atoms with Crippen LogP contribution in [-0.2, 0) is 22.6 Å². The lowest BCUT2D eigenvalue weighted by Gasteiger charge is -2.14. The topological polar surface area (TPSA) is 99.4 Å². The monoisotopic (exact) mass is 409 g/mol. The van der Waals surface area contributed by atoms with E-state index in [1.807, 2.05) is 6.92 Å². The molecule has 3 aromatic rings. The standard InChI is InChI=1S/C22H23N3O5/c1-3-13-24-20(27)17-7-5-6-8-18(17)25(22(24)29)14-19(26)23-16-11-9-15(10-12-16)21(28)30-4-2/h5-12H,3-4,13-14H2,1-2H3,(H,23,26). The van der Waals surface area contributed by atoms with E-state index in [2.05, 4.69) is 5.32 Å². The van der Waals surface area contributed by atoms with Crippen LogP contribution >= 0.6 is 0 Å². The van der Waals surface area contributed by atoms with E-state index in [1.165, 1.54) is 4.57 Å². The summed E-state index contributed by atoms with van der Waals surface area (Å²) in [5, 5.41) is 3.09. The Kier molecular flexibility index (Phi) is 6.46. The SMILES string of the molecule is CCCn1c(=O)c2ccccc2n(CC(=O)Nc2ccc(C(=O)OCC)cc2)c1=O. The van der Waals surface area contributed by atoms with Crippen molar-refractivity contribution in [1.29, 1.82) is 0 Å². The maximum atomic E-state index is 12.9. The lowest BCUT2D eigenvalue weighted by atomic mass is 10.2. The molecule has 0 atom stereocenters. The van der Waals surface area contributed by atoms with Gasteiger partial charge in [0, 0.05) is 12.2 Å². The van der Waals surface area contributed by atoms with Crippen LogP contribution in [0.4, 0.5) is 5.69 Å². The summed E-state index contributed by atoms with van der Waals surface area (Å²) in [6.07, 6.45) is 0.618. The maximum absolute atomic E-state index is 12.9. The van der Waals surface area contributed by atoms with Gasteiger partial charge in [-0.15, -0.1) is 0 Å². The number of esters is 1. The fraction of sp³-hybridized carbons (Fsp3) is 0.273. The first-order valence-corrected chi connectivity index (χ1v) is 9.75. The molecule has 0 saturated heterocycles. The number of amides is 1. The highest BCUT2D eigenvalue weighted by Gasteiger charge is 2.15. The predicted molar refractivity (Wildman–Crippen MR) is 114 cm³/mol. The van der Waals surface area contributed by atoms with E-state index in [9.17, 15) is 19.2 Å². The normalized spacial score (nSPS) is 10.7. The van der Waals surface area contributed by atoms with Crippen molar-refractivity contribution in [3.63, 3.8) is 0 Å². The Morgan fingerprint density at radius 2 is 1.67 bits per heavy atom. The number of hydrogen-bond acceptors (Lipinski definition) is 5. The third-order valence-corrected chi connectivity index (χ3v) is 4.56. The molecule has 0 radical (unpaired) electrons. The predicted octanol–water partition coefficient (Wildman–Crippen LogP) is 2.39. The Labute approximate surface area is 172 Å². The molecule has 1 aromatic heterocycles. The highest BCUT2D eigenvalue weighted by Crippen LogP contribution is 2.12. The molecule has 0 saturated carbocycles. The summed E-state index contributed by atoms with van der Waals surface area (Å²) in [6, 6.07) is 13.0. The van der Waals surface area contributed by atoms with Crippen molar-refractivity contribution in [3.05, 3.63) is 74.9 Å². The molecule has 1 N–H and O–H groups in total. The molecule has 1 heterocycles. The molecular formula is C22H23N3O5. The van der Waals surface area contributed by atoms with Gasteiger partial charge < -0.3 is 10.1 Å². The van der Waals surface area contributed by atoms with Crippen LogP contribution in [0.15, 0.2) is 58.1 Å². The third kappa shape index (κ3) is 4.32. The third-order valence-electron chi connectivity index (χ3n) is 4.56. The number of nitrogens with zero attached hydrogens (tertiary/aromatic N) is 2. The molecular weight excluding hydrogens is 386 g/mol. The van der Waals surface area contributed by atoms with Crippen LogP contribution in [0.5, 0.6) is 0 Å². The van der Waals surface area contributed by atoms with Gasteiger partial charge in [0.15, 0.2) is 0 Å². The highest BCUT2D eigenvalue weighted by molar-refractivity contribution is 5.93. The van der Waals surface area contributed by atoms with Gasteiger partial charge in [0.2, 0.25) is 5.91 Å². The first-order chi connectivity index (χ1) is 14.5. The van der Waals surface area contributed by atoms with Crippen molar-refractivity contribution in [2.45, 2.75) is 33.4 Å². The fourth-order valence-electron chi connectivity index (χ4n) is 3.19. The lowest BCUT2D eigenvalue weighted by Crippen LogP contribution is -2.41. The van der Waals surface area contributed by atoms with Gasteiger partial charge in [0.05, 0.1) is 23.1 Å². The molecule has 8 heteroatoms. The zero-order valence-corrected chi connectivity index (χ0v) is 16.9. The molecule has 1 amide bonds. The highest BCUT2D eigenvalue weighted by atomic mass is 16.5. The second-order valence-electron chi connectivity index (χ2n) is 6.69. The summed E-state index contributed by atoms with van der Waals surface area (Å²) in [6.45, 7) is 3.91. The second kappa shape index (κ2) is 9.21. The van der Waals surface area contributed by atoms with Crippen LogP contribution in [0.1, 0.15) is 30.6 Å². The van der Waals surface area contributed by atoms with Crippen molar-refractivity contribution in [3.8, 4) is 0 Å². The molecule has 2 aromatic carbocycles. The summed E-state index contributed by atoms with van der Waals surface area (Å²) in [5.41, 5.74) is 0.390. The summed E-state index contributed by atoms with van der Waals surface area (Å²) < 4.78 is 7.39. The number of benzene rings is 2. The van der Waals surface area contributed by atoms with Gasteiger partial charge in [-0.05, 0) is 49.7 Å². The van der Waals surface area contributed by atoms with Gasteiger partial charge in [-0.25, -0.2) is 9.59 Å². The Morgan fingerprint density at radius 3 is 2.33 bits per heavy atom. The van der Waals surface area contributed by atoms with Crippen molar-refractivity contribution in [2.75, 3.05) is 11.9 Å². The number of rotatable bonds is 7. The van der Waals surface area contributed by atoms with Crippen LogP contribution in [0.25, 0.3) is 10.9 Å². The number of carbonyl (C=O) groups is 2. The minimum atomic E-state index is -0.520. The van der Waals surface area contributed by atoms with E-state index in [-0.39, 0.29) is 25.3 Å². The first kappa shape index (κ1) is 21.0. The molecule has 8 nitrogen and oxygen atoms in total. The van der Waals surface area contributed by atoms with E-state index in [4.69, 9.17) is 4.74 Å². The molecule has 0 aliphatic heterocycles. The van der Waals surface area contributed by atoms with Gasteiger partial charge in [-0.3, -0.25) is 18.7 Å². The van der Waals surface area contributed by atoms with Gasteiger partial charge in [-0.1, -0.05) is 19.1 Å². The first-order valence-electron chi connectivity index (χ1n) is 9.75. The van der Waals surface area contributed by atoms with Crippen molar-refractivity contribution < 1.29 is 14.3 Å². The van der Waals surface area contributed by atoms with E-state index >= 15 is 0 Å². The van der Waals surface area contributed by atoms with Crippen LogP contribution in [-0.4, -0.2) is 27.6 Å². The van der Waals surface area contributed by atoms with Crippen LogP contribution in [0, 0.1) is 0 Å². The number of aromatic nitrogens is 2. The van der Waals surface area contributed by atoms with E-state index in [0.717, 1.165) is 4.57 Å². The zero-order chi connectivity index (χ0) is 21.7. The van der Waals surface area contributed by atoms with Crippen LogP contribution in [0.3, 0.4) is 0 Å². The number of para-hydroxylation sites is 1. The van der Waals surface area contributed by atoms with Crippen molar-refractivity contribution in [1.82, 2.24) is 9.13 Å². The minimum absolute atomic E-state index is 0.247. The van der Waals surface area contributed by atoms with Gasteiger partial charge in [0.1, 0.15) is 6.54 Å². The largest absolute Gasteiger partial charge is 0.462 e. The Balaban J connectivity index is 1.87. The summed E-state index contributed by atoms with van der Waals surface area (Å²) in [5.74, 6) is -0.862. The maximum Gasteiger partial charge on any atom is 0.338 e. The summed E-state index contributed by atoms with van der Waals surface area (Å²) >= 11 is 0. The second-order valence-corrected chi connectivity index (χ2v) is 6.69. The van der Waals surface area contributed by atoms with E-state index in [1.54, 1.807) is 55.5 Å². The Bertz CT molecular complexity index is 1190. The molecule has 3 rings (SSSR count). The molecule has 0 aliphatic carbocycles. The van der Waals surface area contributed by atoms with Crippen molar-refractivity contribution in [2.24, 2.45) is 0 Å². The van der Waals surface area contributed by atoms with Gasteiger partial charge in [-0.2, -0.15) is 0 Å². The molecule has 0 spiro atoms. The zero-order valence-electron chi connectivity index (χ0n) is 16.9. The molecule has 0 unspecified atom stereocenters. The number of anilines is 1. The number of nitrogens with one attached hydrogen (secondary N) is 1. The fourth-order valence-corrected chi connectivity index (χ4v) is 3.19. The van der Waals surface area contributed by atoms with E-state index < -0.39 is 17.6 Å². The molecule has 0 bridgehead atoms. The molecule has 156 valence electrons. The average Bonchev–Trinajstić information content (AvgIpc) is 2.75. The average molecular weight is 409 g/mol. The Morgan fingerprint density at radius 1 is 0.967 bits per heavy atom. The Hall–Kier alpha value is -3.68. The molecule has 0 fully saturated rings. The smallest absolute Gasteiger partial charge is 0.338 e. The van der Waals surface area contributed by atoms with Crippen LogP contribution < -0.4 is 16.6 Å². The molecule has 0 aliphatic rings. The summed E-state index contributed by atoms with van der Waals surface area (Å²) in [7, 11) is 0. The number of hydrogen-bond donors (Lipinski definition) is 1. The minimum Gasteiger partial charge on any atom is -0.462 e. The van der Waals surface area contributed by atoms with Gasteiger partial charge in [0.25, 0.3) is 5.56 Å². The number of ether oxygens (including phenoxy) is 1. The van der Waals surface area contributed by atoms with Crippen LogP contribution in [0.2, 0.25) is 0 Å². The summed E-state index contributed by atoms with van der Waals surface area (Å²) in [4.78, 5) is 49.8. The number of fused-ring (bicyclic) bond motifs is 1. The number of carbonyl (C=O) groups excluding carboxylic acids is 2. The van der Waals surface area contributed by atoms with Crippen molar-refractivity contribution >= 4 is 28.5 Å².